The van der Waals surface area contributed by atoms with Gasteiger partial charge in [0.1, 0.15) is 6.61 Å². The van der Waals surface area contributed by atoms with Gasteiger partial charge in [0.25, 0.3) is 0 Å². The quantitative estimate of drug-likeness (QED) is 0.459. The highest BCUT2D eigenvalue weighted by molar-refractivity contribution is 5.83. The van der Waals surface area contributed by atoms with Crippen LogP contribution in [0.1, 0.15) is 29.0 Å². The number of ether oxygens (including phenoxy) is 1. The molecule has 2 N–H and O–H groups in total. The lowest BCUT2D eigenvalue weighted by Gasteiger charge is -2.20. The van der Waals surface area contributed by atoms with Gasteiger partial charge in [-0.25, -0.2) is 4.79 Å². The first-order valence-electron chi connectivity index (χ1n) is 11.0. The molecular weight excluding hydrogens is 416 g/mol. The van der Waals surface area contributed by atoms with Crippen LogP contribution in [-0.2, 0) is 16.0 Å². The van der Waals surface area contributed by atoms with Crippen LogP contribution in [0.15, 0.2) is 79.0 Å². The summed E-state index contributed by atoms with van der Waals surface area (Å²) in [5.74, 6) is -1.28. The van der Waals surface area contributed by atoms with E-state index in [0.717, 1.165) is 38.7 Å². The standard InChI is InChI=1S/C27H24N2O4/c30-26(31)14-18(13-17-15-28-25-12-6-5-7-19(17)25)29-27(32)33-16-24-22-10-3-1-8-20(22)21-9-2-4-11-23(21)24/h1-12,15,18,24,28H,13-14,16H2,(H,29,32)(H,30,31)/p-1/t18-/m0/s1. The summed E-state index contributed by atoms with van der Waals surface area (Å²) in [6, 6.07) is 23.3. The third-order valence-corrected chi connectivity index (χ3v) is 6.22. The average molecular weight is 439 g/mol. The van der Waals surface area contributed by atoms with Gasteiger partial charge >= 0.3 is 6.09 Å². The van der Waals surface area contributed by atoms with Crippen LogP contribution in [0.25, 0.3) is 22.0 Å². The van der Waals surface area contributed by atoms with E-state index in [-0.39, 0.29) is 18.9 Å². The zero-order chi connectivity index (χ0) is 22.8. The van der Waals surface area contributed by atoms with Crippen LogP contribution in [0.4, 0.5) is 4.79 Å². The number of carboxylic acid groups (broad SMARTS) is 1. The molecule has 0 aliphatic heterocycles. The summed E-state index contributed by atoms with van der Waals surface area (Å²) >= 11 is 0. The van der Waals surface area contributed by atoms with Crippen molar-refractivity contribution in [1.82, 2.24) is 10.3 Å². The molecule has 0 unspecified atom stereocenters. The number of H-pyrrole nitrogens is 1. The zero-order valence-corrected chi connectivity index (χ0v) is 17.9. The molecule has 1 heterocycles. The summed E-state index contributed by atoms with van der Waals surface area (Å²) in [4.78, 5) is 27.1. The van der Waals surface area contributed by atoms with Gasteiger partial charge in [-0.05, 0) is 40.3 Å². The first-order chi connectivity index (χ1) is 16.1. The van der Waals surface area contributed by atoms with Crippen molar-refractivity contribution in [2.45, 2.75) is 24.8 Å². The number of carboxylic acids is 1. The van der Waals surface area contributed by atoms with Gasteiger partial charge in [0.15, 0.2) is 0 Å². The topological polar surface area (TPSA) is 94.2 Å². The summed E-state index contributed by atoms with van der Waals surface area (Å²) in [5, 5.41) is 15.0. The van der Waals surface area contributed by atoms with Crippen LogP contribution in [0.2, 0.25) is 0 Å². The largest absolute Gasteiger partial charge is 0.550 e. The second-order valence-corrected chi connectivity index (χ2v) is 8.31. The molecule has 0 saturated heterocycles. The van der Waals surface area contributed by atoms with E-state index in [1.54, 1.807) is 0 Å². The van der Waals surface area contributed by atoms with Gasteiger partial charge in [0.2, 0.25) is 0 Å². The van der Waals surface area contributed by atoms with Gasteiger partial charge in [-0.1, -0.05) is 66.7 Å². The van der Waals surface area contributed by atoms with Gasteiger partial charge in [0.05, 0.1) is 0 Å². The van der Waals surface area contributed by atoms with Gasteiger partial charge in [-0.2, -0.15) is 0 Å². The number of carbonyl (C=O) groups is 2. The molecule has 6 heteroatoms. The van der Waals surface area contributed by atoms with Crippen molar-refractivity contribution in [3.8, 4) is 11.1 Å². The zero-order valence-electron chi connectivity index (χ0n) is 17.9. The van der Waals surface area contributed by atoms with Crippen LogP contribution < -0.4 is 10.4 Å². The fraction of sp³-hybridized carbons (Fsp3) is 0.185. The Morgan fingerprint density at radius 1 is 0.939 bits per heavy atom. The Morgan fingerprint density at radius 2 is 1.58 bits per heavy atom. The number of aromatic nitrogens is 1. The van der Waals surface area contributed by atoms with Crippen molar-refractivity contribution in [2.75, 3.05) is 6.61 Å². The lowest BCUT2D eigenvalue weighted by molar-refractivity contribution is -0.306. The molecule has 166 valence electrons. The maximum atomic E-state index is 12.7. The lowest BCUT2D eigenvalue weighted by atomic mass is 9.98. The van der Waals surface area contributed by atoms with Crippen LogP contribution in [0.3, 0.4) is 0 Å². The molecule has 1 aliphatic rings. The van der Waals surface area contributed by atoms with E-state index in [0.29, 0.717) is 6.42 Å². The number of amides is 1. The Kier molecular flexibility index (Phi) is 5.57. The molecule has 0 saturated carbocycles. The highest BCUT2D eigenvalue weighted by Gasteiger charge is 2.29. The van der Waals surface area contributed by atoms with Crippen molar-refractivity contribution in [2.24, 2.45) is 0 Å². The van der Waals surface area contributed by atoms with E-state index in [1.807, 2.05) is 54.7 Å². The fourth-order valence-corrected chi connectivity index (χ4v) is 4.75. The van der Waals surface area contributed by atoms with E-state index in [9.17, 15) is 14.7 Å². The molecule has 1 atom stereocenters. The second-order valence-electron chi connectivity index (χ2n) is 8.31. The van der Waals surface area contributed by atoms with Crippen molar-refractivity contribution >= 4 is 23.0 Å². The summed E-state index contributed by atoms with van der Waals surface area (Å²) < 4.78 is 5.59. The first-order valence-corrected chi connectivity index (χ1v) is 11.0. The Bertz CT molecular complexity index is 1280. The smallest absolute Gasteiger partial charge is 0.407 e. The minimum absolute atomic E-state index is 0.0589. The number of rotatable bonds is 7. The summed E-state index contributed by atoms with van der Waals surface area (Å²) in [6.45, 7) is 0.172. The summed E-state index contributed by atoms with van der Waals surface area (Å²) in [7, 11) is 0. The lowest BCUT2D eigenvalue weighted by Crippen LogP contribution is -2.41. The molecule has 0 spiro atoms. The highest BCUT2D eigenvalue weighted by atomic mass is 16.5. The molecule has 6 nitrogen and oxygen atoms in total. The molecule has 4 aromatic rings. The minimum atomic E-state index is -1.22. The van der Waals surface area contributed by atoms with Gasteiger partial charge in [-0.3, -0.25) is 0 Å². The van der Waals surface area contributed by atoms with Gasteiger partial charge in [0, 0.05) is 41.4 Å². The van der Waals surface area contributed by atoms with Gasteiger partial charge in [-0.15, -0.1) is 0 Å². The van der Waals surface area contributed by atoms with E-state index in [4.69, 9.17) is 4.74 Å². The fourth-order valence-electron chi connectivity index (χ4n) is 4.75. The summed E-state index contributed by atoms with van der Waals surface area (Å²) in [5.41, 5.74) is 6.43. The molecule has 0 radical (unpaired) electrons. The van der Waals surface area contributed by atoms with E-state index in [1.165, 1.54) is 0 Å². The van der Waals surface area contributed by atoms with Crippen molar-refractivity contribution in [3.63, 3.8) is 0 Å². The monoisotopic (exact) mass is 439 g/mol. The molecule has 0 bridgehead atoms. The molecule has 1 aromatic heterocycles. The molecule has 0 fully saturated rings. The first kappa shape index (κ1) is 20.8. The predicted molar refractivity (Wildman–Crippen MR) is 124 cm³/mol. The van der Waals surface area contributed by atoms with E-state index < -0.39 is 18.1 Å². The number of hydrogen-bond acceptors (Lipinski definition) is 4. The third kappa shape index (κ3) is 4.20. The number of hydrogen-bond donors (Lipinski definition) is 2. The molecule has 1 amide bonds. The number of nitrogens with one attached hydrogen (secondary N) is 2. The predicted octanol–water partition coefficient (Wildman–Crippen LogP) is 3.76. The molecule has 5 rings (SSSR count). The maximum Gasteiger partial charge on any atom is 0.407 e. The number of fused-ring (bicyclic) bond motifs is 4. The summed E-state index contributed by atoms with van der Waals surface area (Å²) in [6.07, 6.45) is 1.25. The Morgan fingerprint density at radius 3 is 2.27 bits per heavy atom. The Hall–Kier alpha value is -4.06. The Balaban J connectivity index is 1.28. The Labute approximate surface area is 191 Å². The number of benzene rings is 3. The van der Waals surface area contributed by atoms with Crippen molar-refractivity contribution < 1.29 is 19.4 Å². The van der Waals surface area contributed by atoms with Crippen LogP contribution in [0.5, 0.6) is 0 Å². The number of para-hydroxylation sites is 1. The molecule has 3 aromatic carbocycles. The normalized spacial score (nSPS) is 13.3. The SMILES string of the molecule is O=C([O-])C[C@H](Cc1c[nH]c2ccccc12)NC(=O)OCC1c2ccccc2-c2ccccc21. The number of aliphatic carboxylic acids is 1. The van der Waals surface area contributed by atoms with E-state index in [2.05, 4.69) is 34.6 Å². The van der Waals surface area contributed by atoms with Crippen LogP contribution in [0, 0.1) is 0 Å². The van der Waals surface area contributed by atoms with Crippen LogP contribution >= 0.6 is 0 Å². The molecule has 1 aliphatic carbocycles. The van der Waals surface area contributed by atoms with Crippen molar-refractivity contribution in [3.05, 3.63) is 95.7 Å². The molecule has 33 heavy (non-hydrogen) atoms. The van der Waals surface area contributed by atoms with Gasteiger partial charge < -0.3 is 24.9 Å². The van der Waals surface area contributed by atoms with Crippen LogP contribution in [-0.4, -0.2) is 29.7 Å². The number of alkyl carbamates (subject to hydrolysis) is 1. The average Bonchev–Trinajstić information content (AvgIpc) is 3.36. The number of carbonyl (C=O) groups excluding carboxylic acids is 2. The van der Waals surface area contributed by atoms with E-state index >= 15 is 0 Å². The van der Waals surface area contributed by atoms with Crippen molar-refractivity contribution in [1.29, 1.82) is 0 Å². The third-order valence-electron chi connectivity index (χ3n) is 6.22. The minimum Gasteiger partial charge on any atom is -0.550 e. The highest BCUT2D eigenvalue weighted by Crippen LogP contribution is 2.44. The molecular formula is C27H23N2O4-. The second kappa shape index (κ2) is 8.82. The number of aromatic amines is 1. The maximum absolute atomic E-state index is 12.7.